The van der Waals surface area contributed by atoms with E-state index < -0.39 is 0 Å². The Bertz CT molecular complexity index is 275. The summed E-state index contributed by atoms with van der Waals surface area (Å²) in [5.74, 6) is 1.74. The average molecular weight is 192 g/mol. The second-order valence-corrected chi connectivity index (χ2v) is 3.81. The highest BCUT2D eigenvalue weighted by Crippen LogP contribution is 2.29. The first-order chi connectivity index (χ1) is 6.88. The van der Waals surface area contributed by atoms with Gasteiger partial charge in [-0.05, 0) is 36.5 Å². The Balaban J connectivity index is 1.77. The van der Waals surface area contributed by atoms with Crippen molar-refractivity contribution in [3.8, 4) is 5.75 Å². The van der Waals surface area contributed by atoms with Crippen LogP contribution < -0.4 is 4.74 Å². The van der Waals surface area contributed by atoms with E-state index in [1.807, 2.05) is 24.3 Å². The molecule has 0 aromatic heterocycles. The van der Waals surface area contributed by atoms with Crippen LogP contribution in [-0.4, -0.2) is 13.7 Å². The molecular weight excluding hydrogens is 176 g/mol. The smallest absolute Gasteiger partial charge is 0.118 e. The molecule has 0 amide bonds. The summed E-state index contributed by atoms with van der Waals surface area (Å²) in [5, 5.41) is 0. The van der Waals surface area contributed by atoms with Crippen LogP contribution in [0.15, 0.2) is 24.3 Å². The highest BCUT2D eigenvalue weighted by Gasteiger charge is 2.20. The highest BCUT2D eigenvalue weighted by molar-refractivity contribution is 5.26. The first kappa shape index (κ1) is 9.53. The fourth-order valence-electron chi connectivity index (χ4n) is 1.35. The summed E-state index contributed by atoms with van der Waals surface area (Å²) in [6.07, 6.45) is 2.70. The zero-order valence-corrected chi connectivity index (χ0v) is 8.53. The molecule has 1 saturated carbocycles. The SMILES string of the molecule is COc1ccc(COCC2CC2)cc1. The molecule has 0 bridgehead atoms. The van der Waals surface area contributed by atoms with Crippen LogP contribution in [0.5, 0.6) is 5.75 Å². The molecule has 0 heterocycles. The van der Waals surface area contributed by atoms with Gasteiger partial charge in [-0.25, -0.2) is 0 Å². The summed E-state index contributed by atoms with van der Waals surface area (Å²) in [6, 6.07) is 8.03. The molecule has 14 heavy (non-hydrogen) atoms. The maximum Gasteiger partial charge on any atom is 0.118 e. The van der Waals surface area contributed by atoms with Crippen LogP contribution in [0.2, 0.25) is 0 Å². The molecule has 1 fully saturated rings. The van der Waals surface area contributed by atoms with Gasteiger partial charge in [0.25, 0.3) is 0 Å². The summed E-state index contributed by atoms with van der Waals surface area (Å²) in [5.41, 5.74) is 1.21. The maximum absolute atomic E-state index is 5.58. The highest BCUT2D eigenvalue weighted by atomic mass is 16.5. The Labute approximate surface area is 84.8 Å². The van der Waals surface area contributed by atoms with Crippen LogP contribution in [0.3, 0.4) is 0 Å². The molecule has 0 unspecified atom stereocenters. The zero-order chi connectivity index (χ0) is 9.80. The van der Waals surface area contributed by atoms with Crippen molar-refractivity contribution in [2.75, 3.05) is 13.7 Å². The normalized spacial score (nSPS) is 15.5. The molecule has 2 heteroatoms. The molecule has 0 radical (unpaired) electrons. The number of hydrogen-bond donors (Lipinski definition) is 0. The van der Waals surface area contributed by atoms with E-state index in [0.29, 0.717) is 0 Å². The Morgan fingerprint density at radius 2 is 1.93 bits per heavy atom. The number of ether oxygens (including phenoxy) is 2. The van der Waals surface area contributed by atoms with Crippen LogP contribution in [0.1, 0.15) is 18.4 Å². The van der Waals surface area contributed by atoms with E-state index in [-0.39, 0.29) is 0 Å². The van der Waals surface area contributed by atoms with Gasteiger partial charge in [0.1, 0.15) is 5.75 Å². The quantitative estimate of drug-likeness (QED) is 0.714. The van der Waals surface area contributed by atoms with E-state index >= 15 is 0 Å². The van der Waals surface area contributed by atoms with Gasteiger partial charge in [-0.3, -0.25) is 0 Å². The van der Waals surface area contributed by atoms with Gasteiger partial charge in [0.15, 0.2) is 0 Å². The number of benzene rings is 1. The van der Waals surface area contributed by atoms with Gasteiger partial charge < -0.3 is 9.47 Å². The Kier molecular flexibility index (Phi) is 3.04. The van der Waals surface area contributed by atoms with Crippen LogP contribution in [0, 0.1) is 5.92 Å². The van der Waals surface area contributed by atoms with Crippen LogP contribution in [0.25, 0.3) is 0 Å². The van der Waals surface area contributed by atoms with E-state index in [4.69, 9.17) is 9.47 Å². The minimum absolute atomic E-state index is 0.723. The van der Waals surface area contributed by atoms with E-state index in [2.05, 4.69) is 0 Å². The summed E-state index contributed by atoms with van der Waals surface area (Å²) in [7, 11) is 1.68. The summed E-state index contributed by atoms with van der Waals surface area (Å²) in [4.78, 5) is 0. The number of rotatable bonds is 5. The third-order valence-electron chi connectivity index (χ3n) is 2.48. The van der Waals surface area contributed by atoms with Crippen molar-refractivity contribution in [3.05, 3.63) is 29.8 Å². The lowest BCUT2D eigenvalue weighted by molar-refractivity contribution is 0.111. The summed E-state index contributed by atoms with van der Waals surface area (Å²) >= 11 is 0. The first-order valence-corrected chi connectivity index (χ1v) is 5.09. The summed E-state index contributed by atoms with van der Waals surface area (Å²) < 4.78 is 10.7. The summed E-state index contributed by atoms with van der Waals surface area (Å²) in [6.45, 7) is 1.65. The van der Waals surface area contributed by atoms with Crippen molar-refractivity contribution < 1.29 is 9.47 Å². The lowest BCUT2D eigenvalue weighted by Crippen LogP contribution is -1.96. The van der Waals surface area contributed by atoms with E-state index in [1.54, 1.807) is 7.11 Å². The second kappa shape index (κ2) is 4.47. The van der Waals surface area contributed by atoms with Crippen LogP contribution in [0.4, 0.5) is 0 Å². The predicted octanol–water partition coefficient (Wildman–Crippen LogP) is 2.62. The molecule has 0 aliphatic heterocycles. The molecular formula is C12H16O2. The molecule has 0 N–H and O–H groups in total. The van der Waals surface area contributed by atoms with E-state index in [1.165, 1.54) is 18.4 Å². The molecule has 0 saturated heterocycles. The van der Waals surface area contributed by atoms with Gasteiger partial charge in [-0.15, -0.1) is 0 Å². The molecule has 2 nitrogen and oxygen atoms in total. The molecule has 76 valence electrons. The monoisotopic (exact) mass is 192 g/mol. The van der Waals surface area contributed by atoms with Crippen molar-refractivity contribution in [3.63, 3.8) is 0 Å². The number of hydrogen-bond acceptors (Lipinski definition) is 2. The van der Waals surface area contributed by atoms with Crippen molar-refractivity contribution in [2.24, 2.45) is 5.92 Å². The Morgan fingerprint density at radius 1 is 1.21 bits per heavy atom. The minimum atomic E-state index is 0.723. The van der Waals surface area contributed by atoms with Gasteiger partial charge in [0.05, 0.1) is 13.7 Å². The first-order valence-electron chi connectivity index (χ1n) is 5.09. The lowest BCUT2D eigenvalue weighted by atomic mass is 10.2. The van der Waals surface area contributed by atoms with E-state index in [0.717, 1.165) is 24.9 Å². The van der Waals surface area contributed by atoms with Gasteiger partial charge in [-0.2, -0.15) is 0 Å². The predicted molar refractivity (Wildman–Crippen MR) is 55.4 cm³/mol. The standard InChI is InChI=1S/C12H16O2/c1-13-12-6-4-11(5-7-12)9-14-8-10-2-3-10/h4-7,10H,2-3,8-9H2,1H3. The van der Waals surface area contributed by atoms with Gasteiger partial charge >= 0.3 is 0 Å². The molecule has 1 aliphatic rings. The Hall–Kier alpha value is -1.02. The molecule has 0 atom stereocenters. The van der Waals surface area contributed by atoms with Crippen molar-refractivity contribution in [2.45, 2.75) is 19.4 Å². The van der Waals surface area contributed by atoms with Gasteiger partial charge in [0, 0.05) is 6.61 Å². The second-order valence-electron chi connectivity index (χ2n) is 3.81. The third kappa shape index (κ3) is 2.74. The molecule has 1 aromatic rings. The topological polar surface area (TPSA) is 18.5 Å². The van der Waals surface area contributed by atoms with Crippen LogP contribution >= 0.6 is 0 Å². The molecule has 1 aliphatic carbocycles. The largest absolute Gasteiger partial charge is 0.497 e. The third-order valence-corrected chi connectivity index (χ3v) is 2.48. The fraction of sp³-hybridized carbons (Fsp3) is 0.500. The van der Waals surface area contributed by atoms with Gasteiger partial charge in [0.2, 0.25) is 0 Å². The Morgan fingerprint density at radius 3 is 2.50 bits per heavy atom. The lowest BCUT2D eigenvalue weighted by Gasteiger charge is -2.04. The minimum Gasteiger partial charge on any atom is -0.497 e. The molecule has 0 spiro atoms. The number of methoxy groups -OCH3 is 1. The maximum atomic E-state index is 5.58. The van der Waals surface area contributed by atoms with Gasteiger partial charge in [-0.1, -0.05) is 12.1 Å². The fourth-order valence-corrected chi connectivity index (χ4v) is 1.35. The van der Waals surface area contributed by atoms with Crippen molar-refractivity contribution >= 4 is 0 Å². The molecule has 1 aromatic carbocycles. The molecule has 2 rings (SSSR count). The van der Waals surface area contributed by atoms with Crippen molar-refractivity contribution in [1.29, 1.82) is 0 Å². The van der Waals surface area contributed by atoms with E-state index in [9.17, 15) is 0 Å². The van der Waals surface area contributed by atoms with Crippen molar-refractivity contribution in [1.82, 2.24) is 0 Å². The zero-order valence-electron chi connectivity index (χ0n) is 8.53. The average Bonchev–Trinajstić information content (AvgIpc) is 3.03. The van der Waals surface area contributed by atoms with Crippen LogP contribution in [-0.2, 0) is 11.3 Å².